The molecular formula is C17H17Cl2NO5S. The molecule has 9 heteroatoms. The van der Waals surface area contributed by atoms with E-state index in [1.165, 1.54) is 36.4 Å². The number of phenolic OH excluding ortho intramolecular Hbond substituents is 1. The summed E-state index contributed by atoms with van der Waals surface area (Å²) >= 11 is 12.0. The Labute approximate surface area is 161 Å². The SMILES string of the molecule is CCOC(=O)CC(NS(=O)(=O)c1cccc(O)c1)c1cc(Cl)cc(Cl)c1. The summed E-state index contributed by atoms with van der Waals surface area (Å²) in [6, 6.07) is 8.77. The molecule has 1 unspecified atom stereocenters. The van der Waals surface area contributed by atoms with Crippen molar-refractivity contribution >= 4 is 39.2 Å². The lowest BCUT2D eigenvalue weighted by atomic mass is 10.1. The quantitative estimate of drug-likeness (QED) is 0.670. The van der Waals surface area contributed by atoms with E-state index in [1.54, 1.807) is 6.92 Å². The second-order valence-corrected chi connectivity index (χ2v) is 7.97. The standard InChI is InChI=1S/C17H17Cl2NO5S/c1-2-25-17(22)10-16(11-6-12(18)8-13(19)7-11)20-26(23,24)15-5-3-4-14(21)9-15/h3-9,16,20-21H,2,10H2,1H3. The molecule has 0 aliphatic rings. The van der Waals surface area contributed by atoms with Crippen LogP contribution in [0.4, 0.5) is 0 Å². The molecule has 6 nitrogen and oxygen atoms in total. The van der Waals surface area contributed by atoms with E-state index in [1.807, 2.05) is 0 Å². The topological polar surface area (TPSA) is 92.7 Å². The van der Waals surface area contributed by atoms with Gasteiger partial charge in [0.15, 0.2) is 0 Å². The smallest absolute Gasteiger partial charge is 0.307 e. The number of aromatic hydroxyl groups is 1. The first-order valence-electron chi connectivity index (χ1n) is 7.64. The van der Waals surface area contributed by atoms with Crippen molar-refractivity contribution in [1.82, 2.24) is 4.72 Å². The maximum Gasteiger partial charge on any atom is 0.307 e. The Morgan fingerprint density at radius 2 is 1.85 bits per heavy atom. The molecule has 0 radical (unpaired) electrons. The number of ether oxygens (including phenoxy) is 1. The Kier molecular flexibility index (Phi) is 6.88. The zero-order valence-electron chi connectivity index (χ0n) is 13.8. The predicted molar refractivity (Wildman–Crippen MR) is 98.9 cm³/mol. The largest absolute Gasteiger partial charge is 0.508 e. The van der Waals surface area contributed by atoms with Crippen LogP contribution in [0, 0.1) is 0 Å². The molecule has 0 saturated carbocycles. The molecule has 0 aliphatic heterocycles. The molecule has 2 N–H and O–H groups in total. The Morgan fingerprint density at radius 1 is 1.19 bits per heavy atom. The number of rotatable bonds is 7. The zero-order chi connectivity index (χ0) is 19.3. The van der Waals surface area contributed by atoms with Crippen LogP contribution in [0.1, 0.15) is 24.9 Å². The van der Waals surface area contributed by atoms with E-state index in [-0.39, 0.29) is 23.7 Å². The average Bonchev–Trinajstić information content (AvgIpc) is 2.53. The lowest BCUT2D eigenvalue weighted by Gasteiger charge is -2.19. The number of nitrogens with one attached hydrogen (secondary N) is 1. The highest BCUT2D eigenvalue weighted by Crippen LogP contribution is 2.27. The summed E-state index contributed by atoms with van der Waals surface area (Å²) in [5.74, 6) is -0.771. The van der Waals surface area contributed by atoms with Crippen LogP contribution < -0.4 is 4.72 Å². The zero-order valence-corrected chi connectivity index (χ0v) is 16.1. The fraction of sp³-hybridized carbons (Fsp3) is 0.235. The first-order valence-corrected chi connectivity index (χ1v) is 9.88. The number of hydrogen-bond donors (Lipinski definition) is 2. The molecule has 0 amide bonds. The second kappa shape index (κ2) is 8.73. The summed E-state index contributed by atoms with van der Waals surface area (Å²) in [6.45, 7) is 1.82. The average molecular weight is 418 g/mol. The van der Waals surface area contributed by atoms with Gasteiger partial charge in [0.25, 0.3) is 0 Å². The van der Waals surface area contributed by atoms with Crippen molar-refractivity contribution in [3.63, 3.8) is 0 Å². The van der Waals surface area contributed by atoms with Gasteiger partial charge in [-0.25, -0.2) is 13.1 Å². The molecule has 26 heavy (non-hydrogen) atoms. The van der Waals surface area contributed by atoms with Gasteiger partial charge < -0.3 is 9.84 Å². The van der Waals surface area contributed by atoms with Gasteiger partial charge in [-0.2, -0.15) is 0 Å². The van der Waals surface area contributed by atoms with Crippen LogP contribution in [0.15, 0.2) is 47.4 Å². The molecular weight excluding hydrogens is 401 g/mol. The van der Waals surface area contributed by atoms with Crippen LogP contribution in [0.5, 0.6) is 5.75 Å². The molecule has 0 aliphatic carbocycles. The van der Waals surface area contributed by atoms with Crippen molar-refractivity contribution in [2.75, 3.05) is 6.61 Å². The summed E-state index contributed by atoms with van der Waals surface area (Å²) in [6.07, 6.45) is -0.247. The number of esters is 1. The van der Waals surface area contributed by atoms with Gasteiger partial charge >= 0.3 is 5.97 Å². The number of benzene rings is 2. The number of hydrogen-bond acceptors (Lipinski definition) is 5. The predicted octanol–water partition coefficient (Wildman–Crippen LogP) is 3.67. The van der Waals surface area contributed by atoms with Gasteiger partial charge in [0, 0.05) is 10.0 Å². The van der Waals surface area contributed by atoms with E-state index in [0.29, 0.717) is 15.6 Å². The van der Waals surface area contributed by atoms with Crippen LogP contribution in [0.3, 0.4) is 0 Å². The molecule has 2 aromatic rings. The highest BCUT2D eigenvalue weighted by molar-refractivity contribution is 7.89. The summed E-state index contributed by atoms with van der Waals surface area (Å²) in [7, 11) is -4.02. The minimum atomic E-state index is -4.02. The maximum absolute atomic E-state index is 12.6. The van der Waals surface area contributed by atoms with Crippen molar-refractivity contribution < 1.29 is 23.1 Å². The van der Waals surface area contributed by atoms with Gasteiger partial charge in [-0.1, -0.05) is 29.3 Å². The van der Waals surface area contributed by atoms with Crippen molar-refractivity contribution in [2.45, 2.75) is 24.3 Å². The minimum Gasteiger partial charge on any atom is -0.508 e. The second-order valence-electron chi connectivity index (χ2n) is 5.38. The molecule has 2 rings (SSSR count). The minimum absolute atomic E-state index is 0.139. The van der Waals surface area contributed by atoms with Crippen LogP contribution in [0.25, 0.3) is 0 Å². The van der Waals surface area contributed by atoms with Crippen molar-refractivity contribution in [1.29, 1.82) is 0 Å². The Bertz CT molecular complexity index is 882. The number of carbonyl (C=O) groups excluding carboxylic acids is 1. The summed E-state index contributed by atoms with van der Waals surface area (Å²) in [4.78, 5) is 11.8. The lowest BCUT2D eigenvalue weighted by molar-refractivity contribution is -0.143. The van der Waals surface area contributed by atoms with Gasteiger partial charge in [-0.05, 0) is 48.9 Å². The van der Waals surface area contributed by atoms with E-state index in [9.17, 15) is 18.3 Å². The van der Waals surface area contributed by atoms with Gasteiger partial charge in [-0.15, -0.1) is 0 Å². The first-order chi connectivity index (χ1) is 12.2. The van der Waals surface area contributed by atoms with E-state index in [0.717, 1.165) is 6.07 Å². The Hall–Kier alpha value is -1.80. The van der Waals surface area contributed by atoms with Crippen LogP contribution in [-0.2, 0) is 19.6 Å². The normalized spacial score (nSPS) is 12.6. The number of sulfonamides is 1. The van der Waals surface area contributed by atoms with Gasteiger partial charge in [0.1, 0.15) is 5.75 Å². The molecule has 0 aromatic heterocycles. The molecule has 0 saturated heterocycles. The van der Waals surface area contributed by atoms with E-state index in [2.05, 4.69) is 4.72 Å². The summed E-state index contributed by atoms with van der Waals surface area (Å²) in [5, 5.41) is 10.1. The van der Waals surface area contributed by atoms with E-state index in [4.69, 9.17) is 27.9 Å². The maximum atomic E-state index is 12.6. The third-order valence-corrected chi connectivity index (χ3v) is 5.29. The number of carbonyl (C=O) groups is 1. The monoisotopic (exact) mass is 417 g/mol. The number of halogens is 2. The van der Waals surface area contributed by atoms with Gasteiger partial charge in [0.05, 0.1) is 24.0 Å². The molecule has 0 spiro atoms. The molecule has 0 bridgehead atoms. The van der Waals surface area contributed by atoms with E-state index >= 15 is 0 Å². The third-order valence-electron chi connectivity index (χ3n) is 3.39. The fourth-order valence-electron chi connectivity index (χ4n) is 2.30. The van der Waals surface area contributed by atoms with Crippen molar-refractivity contribution in [3.8, 4) is 5.75 Å². The van der Waals surface area contributed by atoms with E-state index < -0.39 is 22.0 Å². The van der Waals surface area contributed by atoms with Crippen molar-refractivity contribution in [3.05, 3.63) is 58.1 Å². The highest BCUT2D eigenvalue weighted by Gasteiger charge is 2.25. The molecule has 140 valence electrons. The van der Waals surface area contributed by atoms with Crippen LogP contribution in [-0.4, -0.2) is 26.1 Å². The summed E-state index contributed by atoms with van der Waals surface area (Å²) < 4.78 is 32.6. The lowest BCUT2D eigenvalue weighted by Crippen LogP contribution is -2.30. The highest BCUT2D eigenvalue weighted by atomic mass is 35.5. The molecule has 2 aromatic carbocycles. The van der Waals surface area contributed by atoms with Crippen molar-refractivity contribution in [2.24, 2.45) is 0 Å². The van der Waals surface area contributed by atoms with Gasteiger partial charge in [0.2, 0.25) is 10.0 Å². The Balaban J connectivity index is 2.38. The van der Waals surface area contributed by atoms with Crippen LogP contribution >= 0.6 is 23.2 Å². The fourth-order valence-corrected chi connectivity index (χ4v) is 4.10. The summed E-state index contributed by atoms with van der Waals surface area (Å²) in [5.41, 5.74) is 0.416. The third kappa shape index (κ3) is 5.60. The molecule has 0 heterocycles. The van der Waals surface area contributed by atoms with Crippen LogP contribution in [0.2, 0.25) is 10.0 Å². The first kappa shape index (κ1) is 20.5. The Morgan fingerprint density at radius 3 is 2.42 bits per heavy atom. The van der Waals surface area contributed by atoms with Gasteiger partial charge in [-0.3, -0.25) is 4.79 Å². The number of phenols is 1. The molecule has 0 fully saturated rings. The molecule has 1 atom stereocenters.